The van der Waals surface area contributed by atoms with Crippen LogP contribution in [0.4, 0.5) is 5.69 Å². The summed E-state index contributed by atoms with van der Waals surface area (Å²) >= 11 is 0. The summed E-state index contributed by atoms with van der Waals surface area (Å²) < 4.78 is 10.4. The van der Waals surface area contributed by atoms with Crippen LogP contribution in [0.1, 0.15) is 11.1 Å². The van der Waals surface area contributed by atoms with Crippen LogP contribution in [0.3, 0.4) is 0 Å². The van der Waals surface area contributed by atoms with Crippen molar-refractivity contribution in [3.8, 4) is 11.5 Å². The first-order chi connectivity index (χ1) is 10.6. The minimum absolute atomic E-state index is 0.191. The lowest BCUT2D eigenvalue weighted by Gasteiger charge is -2.07. The van der Waals surface area contributed by atoms with Crippen molar-refractivity contribution in [2.45, 2.75) is 6.92 Å². The van der Waals surface area contributed by atoms with Gasteiger partial charge in [0, 0.05) is 23.4 Å². The zero-order valence-corrected chi connectivity index (χ0v) is 12.9. The number of ether oxygens (including phenoxy) is 2. The van der Waals surface area contributed by atoms with Crippen LogP contribution in [-0.2, 0) is 4.79 Å². The fourth-order valence-electron chi connectivity index (χ4n) is 2.03. The van der Waals surface area contributed by atoms with Gasteiger partial charge in [0.25, 0.3) is 0 Å². The molecule has 0 radical (unpaired) electrons. The monoisotopic (exact) mass is 297 g/mol. The van der Waals surface area contributed by atoms with Crippen molar-refractivity contribution in [2.75, 3.05) is 19.5 Å². The highest BCUT2D eigenvalue weighted by molar-refractivity contribution is 6.02. The van der Waals surface area contributed by atoms with E-state index in [1.54, 1.807) is 26.4 Å². The normalized spacial score (nSPS) is 10.5. The van der Waals surface area contributed by atoms with Gasteiger partial charge in [-0.25, -0.2) is 0 Å². The summed E-state index contributed by atoms with van der Waals surface area (Å²) in [5, 5.41) is 2.82. The van der Waals surface area contributed by atoms with Gasteiger partial charge in [0.1, 0.15) is 11.5 Å². The standard InChI is InChI=1S/C18H19NO3/c1-13-5-4-6-15(11-13)19-18(20)10-8-14-7-9-16(21-2)12-17(14)22-3/h4-12H,1-3H3,(H,19,20). The smallest absolute Gasteiger partial charge is 0.248 e. The van der Waals surface area contributed by atoms with Crippen LogP contribution in [0.2, 0.25) is 0 Å². The van der Waals surface area contributed by atoms with Crippen LogP contribution in [-0.4, -0.2) is 20.1 Å². The van der Waals surface area contributed by atoms with Crippen molar-refractivity contribution in [1.82, 2.24) is 0 Å². The summed E-state index contributed by atoms with van der Waals surface area (Å²) in [7, 11) is 3.18. The van der Waals surface area contributed by atoms with E-state index in [-0.39, 0.29) is 5.91 Å². The van der Waals surface area contributed by atoms with Crippen molar-refractivity contribution in [1.29, 1.82) is 0 Å². The number of hydrogen-bond acceptors (Lipinski definition) is 3. The van der Waals surface area contributed by atoms with E-state index in [1.165, 1.54) is 6.08 Å². The van der Waals surface area contributed by atoms with Gasteiger partial charge in [0.05, 0.1) is 14.2 Å². The first-order valence-corrected chi connectivity index (χ1v) is 6.90. The maximum absolute atomic E-state index is 12.0. The molecule has 0 saturated carbocycles. The maximum atomic E-state index is 12.0. The topological polar surface area (TPSA) is 47.6 Å². The zero-order valence-electron chi connectivity index (χ0n) is 12.9. The number of methoxy groups -OCH3 is 2. The Kier molecular flexibility index (Phi) is 5.20. The molecule has 0 heterocycles. The van der Waals surface area contributed by atoms with E-state index in [4.69, 9.17) is 9.47 Å². The third-order valence-electron chi connectivity index (χ3n) is 3.14. The third kappa shape index (κ3) is 4.12. The van der Waals surface area contributed by atoms with E-state index in [1.807, 2.05) is 43.3 Å². The van der Waals surface area contributed by atoms with Gasteiger partial charge in [-0.15, -0.1) is 0 Å². The van der Waals surface area contributed by atoms with Gasteiger partial charge >= 0.3 is 0 Å². The van der Waals surface area contributed by atoms with Crippen LogP contribution in [0, 0.1) is 6.92 Å². The first kappa shape index (κ1) is 15.6. The van der Waals surface area contributed by atoms with Gasteiger partial charge in [0.2, 0.25) is 5.91 Å². The Morgan fingerprint density at radius 1 is 1.09 bits per heavy atom. The average molecular weight is 297 g/mol. The van der Waals surface area contributed by atoms with Gasteiger partial charge in [-0.3, -0.25) is 4.79 Å². The number of amides is 1. The maximum Gasteiger partial charge on any atom is 0.248 e. The molecule has 0 fully saturated rings. The minimum atomic E-state index is -0.191. The third-order valence-corrected chi connectivity index (χ3v) is 3.14. The Balaban J connectivity index is 2.09. The summed E-state index contributed by atoms with van der Waals surface area (Å²) in [6.45, 7) is 1.98. The summed E-state index contributed by atoms with van der Waals surface area (Å²) in [4.78, 5) is 12.0. The molecule has 0 aromatic heterocycles. The van der Waals surface area contributed by atoms with Crippen molar-refractivity contribution in [2.24, 2.45) is 0 Å². The van der Waals surface area contributed by atoms with Crippen LogP contribution in [0.25, 0.3) is 6.08 Å². The molecule has 0 spiro atoms. The number of hydrogen-bond donors (Lipinski definition) is 1. The lowest BCUT2D eigenvalue weighted by atomic mass is 10.1. The molecule has 0 atom stereocenters. The molecule has 2 aromatic rings. The molecule has 0 aliphatic heterocycles. The molecular weight excluding hydrogens is 278 g/mol. The fraction of sp³-hybridized carbons (Fsp3) is 0.167. The molecule has 2 rings (SSSR count). The largest absolute Gasteiger partial charge is 0.497 e. The van der Waals surface area contributed by atoms with Crippen molar-refractivity contribution in [3.63, 3.8) is 0 Å². The zero-order chi connectivity index (χ0) is 15.9. The van der Waals surface area contributed by atoms with Gasteiger partial charge in [-0.1, -0.05) is 12.1 Å². The van der Waals surface area contributed by atoms with Gasteiger partial charge < -0.3 is 14.8 Å². The number of carbonyl (C=O) groups is 1. The minimum Gasteiger partial charge on any atom is -0.497 e. The van der Waals surface area contributed by atoms with E-state index in [2.05, 4.69) is 5.32 Å². The second-order valence-electron chi connectivity index (χ2n) is 4.80. The highest BCUT2D eigenvalue weighted by Gasteiger charge is 2.03. The quantitative estimate of drug-likeness (QED) is 0.857. The van der Waals surface area contributed by atoms with Gasteiger partial charge in [-0.05, 0) is 42.8 Å². The van der Waals surface area contributed by atoms with E-state index in [9.17, 15) is 4.79 Å². The van der Waals surface area contributed by atoms with E-state index in [0.29, 0.717) is 11.5 Å². The number of benzene rings is 2. The molecule has 2 aromatic carbocycles. The van der Waals surface area contributed by atoms with E-state index >= 15 is 0 Å². The number of rotatable bonds is 5. The fourth-order valence-corrected chi connectivity index (χ4v) is 2.03. The van der Waals surface area contributed by atoms with Crippen LogP contribution in [0.15, 0.2) is 48.5 Å². The molecule has 0 saturated heterocycles. The molecule has 0 aliphatic rings. The predicted molar refractivity (Wildman–Crippen MR) is 88.4 cm³/mol. The molecular formula is C18H19NO3. The Morgan fingerprint density at radius 2 is 1.91 bits per heavy atom. The Labute approximate surface area is 130 Å². The molecule has 0 aliphatic carbocycles. The van der Waals surface area contributed by atoms with Crippen LogP contribution < -0.4 is 14.8 Å². The SMILES string of the molecule is COc1ccc(C=CC(=O)Nc2cccc(C)c2)c(OC)c1. The highest BCUT2D eigenvalue weighted by Crippen LogP contribution is 2.25. The first-order valence-electron chi connectivity index (χ1n) is 6.90. The molecule has 114 valence electrons. The predicted octanol–water partition coefficient (Wildman–Crippen LogP) is 3.66. The average Bonchev–Trinajstić information content (AvgIpc) is 2.52. The number of nitrogens with one attached hydrogen (secondary N) is 1. The van der Waals surface area contributed by atoms with Crippen LogP contribution >= 0.6 is 0 Å². The number of aryl methyl sites for hydroxylation is 1. The Morgan fingerprint density at radius 3 is 2.59 bits per heavy atom. The second kappa shape index (κ2) is 7.31. The molecule has 1 N–H and O–H groups in total. The van der Waals surface area contributed by atoms with Crippen LogP contribution in [0.5, 0.6) is 11.5 Å². The van der Waals surface area contributed by atoms with Crippen molar-refractivity contribution < 1.29 is 14.3 Å². The second-order valence-corrected chi connectivity index (χ2v) is 4.80. The molecule has 1 amide bonds. The highest BCUT2D eigenvalue weighted by atomic mass is 16.5. The van der Waals surface area contributed by atoms with E-state index in [0.717, 1.165) is 16.8 Å². The van der Waals surface area contributed by atoms with Crippen molar-refractivity contribution in [3.05, 3.63) is 59.7 Å². The Bertz CT molecular complexity index is 692. The van der Waals surface area contributed by atoms with E-state index < -0.39 is 0 Å². The lowest BCUT2D eigenvalue weighted by Crippen LogP contribution is -2.07. The molecule has 4 heteroatoms. The number of anilines is 1. The molecule has 0 unspecified atom stereocenters. The molecule has 4 nitrogen and oxygen atoms in total. The summed E-state index contributed by atoms with van der Waals surface area (Å²) in [5.41, 5.74) is 2.68. The molecule has 0 bridgehead atoms. The van der Waals surface area contributed by atoms with Gasteiger partial charge in [-0.2, -0.15) is 0 Å². The lowest BCUT2D eigenvalue weighted by molar-refractivity contribution is -0.111. The Hall–Kier alpha value is -2.75. The number of carbonyl (C=O) groups excluding carboxylic acids is 1. The van der Waals surface area contributed by atoms with Crippen molar-refractivity contribution >= 4 is 17.7 Å². The summed E-state index contributed by atoms with van der Waals surface area (Å²) in [5.74, 6) is 1.17. The molecule has 22 heavy (non-hydrogen) atoms. The summed E-state index contributed by atoms with van der Waals surface area (Å²) in [6, 6.07) is 13.1. The van der Waals surface area contributed by atoms with Gasteiger partial charge in [0.15, 0.2) is 0 Å². The summed E-state index contributed by atoms with van der Waals surface area (Å²) in [6.07, 6.45) is 3.19.